The molecule has 4 N–H and O–H groups in total. The smallest absolute Gasteiger partial charge is 0.306 e. The van der Waals surface area contributed by atoms with Crippen LogP contribution in [0.2, 0.25) is 0 Å². The molecule has 0 spiro atoms. The van der Waals surface area contributed by atoms with Gasteiger partial charge < -0.3 is 39.4 Å². The van der Waals surface area contributed by atoms with Crippen LogP contribution in [0.25, 0.3) is 0 Å². The number of hydrogen-bond acceptors (Lipinski definition) is 10. The van der Waals surface area contributed by atoms with Crippen LogP contribution in [0.5, 0.6) is 0 Å². The van der Waals surface area contributed by atoms with Gasteiger partial charge in [0, 0.05) is 12.8 Å². The van der Waals surface area contributed by atoms with Gasteiger partial charge >= 0.3 is 11.9 Å². The molecule has 53 heavy (non-hydrogen) atoms. The highest BCUT2D eigenvalue weighted by atomic mass is 16.7. The summed E-state index contributed by atoms with van der Waals surface area (Å²) >= 11 is 0. The van der Waals surface area contributed by atoms with Crippen molar-refractivity contribution in [2.75, 3.05) is 19.8 Å². The SMILES string of the molecule is CC/C=C/C=C/C=C/C=C/C=C/CCCC(=O)OC(COC(=O)CCCCCCCC/C=C/C=C/CCCCC)CO[C@H]1O[C@@H](CO)[C@@H](O)C(O)C1O. The van der Waals surface area contributed by atoms with Crippen LogP contribution in [0.3, 0.4) is 0 Å². The molecule has 300 valence electrons. The second-order valence-electron chi connectivity index (χ2n) is 13.1. The molecule has 3 unspecified atom stereocenters. The largest absolute Gasteiger partial charge is 0.462 e. The molecular formula is C43H68O10. The molecule has 0 aromatic rings. The molecule has 1 aliphatic rings. The van der Waals surface area contributed by atoms with Crippen molar-refractivity contribution in [2.45, 2.75) is 153 Å². The molecule has 1 saturated heterocycles. The molecule has 1 rings (SSSR count). The molecule has 10 nitrogen and oxygen atoms in total. The Morgan fingerprint density at radius 3 is 1.75 bits per heavy atom. The van der Waals surface area contributed by atoms with E-state index in [0.717, 1.165) is 51.4 Å². The fraction of sp³-hybridized carbons (Fsp3) is 0.628. The molecular weight excluding hydrogens is 676 g/mol. The fourth-order valence-corrected chi connectivity index (χ4v) is 5.27. The van der Waals surface area contributed by atoms with E-state index in [9.17, 15) is 30.0 Å². The van der Waals surface area contributed by atoms with E-state index in [4.69, 9.17) is 18.9 Å². The van der Waals surface area contributed by atoms with E-state index in [0.29, 0.717) is 19.3 Å². The standard InChI is InChI=1S/C43H68O10/c1-3-5-7-9-11-13-15-17-18-20-21-23-25-27-29-31-38(45)50-34-36(35-51-43-42(49)41(48)40(47)37(33-44)53-43)52-39(46)32-30-28-26-24-22-19-16-14-12-10-8-6-4-2/h6,8,10-17,19,22,24,26,36-37,40-44,47-49H,3-5,7,9,18,20-21,23,25,27-35H2,1-2H3/b8-6+,12-10+,13-11+,16-14+,17-15+,22-19+,26-24+/t36?,37-,40+,41?,42?,43-/m0/s1. The van der Waals surface area contributed by atoms with E-state index in [1.807, 2.05) is 54.7 Å². The summed E-state index contributed by atoms with van der Waals surface area (Å²) in [7, 11) is 0. The third kappa shape index (κ3) is 25.5. The lowest BCUT2D eigenvalue weighted by Crippen LogP contribution is -2.59. The van der Waals surface area contributed by atoms with Gasteiger partial charge in [0.25, 0.3) is 0 Å². The van der Waals surface area contributed by atoms with Crippen molar-refractivity contribution in [3.05, 3.63) is 85.1 Å². The summed E-state index contributed by atoms with van der Waals surface area (Å²) in [5.41, 5.74) is 0. The minimum Gasteiger partial charge on any atom is -0.462 e. The Balaban J connectivity index is 2.46. The van der Waals surface area contributed by atoms with Crippen LogP contribution >= 0.6 is 0 Å². The van der Waals surface area contributed by atoms with Gasteiger partial charge in [-0.25, -0.2) is 0 Å². The Bertz CT molecular complexity index is 1140. The first-order valence-corrected chi connectivity index (χ1v) is 19.7. The minimum atomic E-state index is -1.61. The van der Waals surface area contributed by atoms with Crippen molar-refractivity contribution in [2.24, 2.45) is 0 Å². The number of ether oxygens (including phenoxy) is 4. The first-order valence-electron chi connectivity index (χ1n) is 19.7. The number of carbonyl (C=O) groups excluding carboxylic acids is 2. The molecule has 0 radical (unpaired) electrons. The zero-order chi connectivity index (χ0) is 38.8. The minimum absolute atomic E-state index is 0.126. The normalized spacial score (nSPS) is 21.8. The predicted molar refractivity (Wildman–Crippen MR) is 210 cm³/mol. The number of esters is 2. The number of allylic oxidation sites excluding steroid dienone is 14. The fourth-order valence-electron chi connectivity index (χ4n) is 5.27. The van der Waals surface area contributed by atoms with Crippen molar-refractivity contribution in [3.8, 4) is 0 Å². The Labute approximate surface area is 318 Å². The topological polar surface area (TPSA) is 152 Å². The first-order chi connectivity index (χ1) is 25.8. The zero-order valence-corrected chi connectivity index (χ0v) is 32.2. The molecule has 0 bridgehead atoms. The van der Waals surface area contributed by atoms with E-state index < -0.39 is 55.4 Å². The molecule has 10 heteroatoms. The summed E-state index contributed by atoms with van der Waals surface area (Å²) in [5, 5.41) is 39.9. The molecule has 1 fully saturated rings. The highest BCUT2D eigenvalue weighted by Crippen LogP contribution is 2.22. The highest BCUT2D eigenvalue weighted by molar-refractivity contribution is 5.70. The molecule has 0 amide bonds. The van der Waals surface area contributed by atoms with Crippen LogP contribution in [0.1, 0.15) is 117 Å². The Kier molecular flexibility index (Phi) is 30.2. The summed E-state index contributed by atoms with van der Waals surface area (Å²) in [5.74, 6) is -0.919. The maximum Gasteiger partial charge on any atom is 0.306 e. The number of rotatable bonds is 30. The molecule has 0 aromatic heterocycles. The number of hydrogen-bond donors (Lipinski definition) is 4. The van der Waals surface area contributed by atoms with E-state index >= 15 is 0 Å². The van der Waals surface area contributed by atoms with E-state index in [1.54, 1.807) is 0 Å². The van der Waals surface area contributed by atoms with Gasteiger partial charge in [0.15, 0.2) is 12.4 Å². The molecule has 0 aromatic carbocycles. The first kappa shape index (κ1) is 47.9. The molecule has 0 saturated carbocycles. The summed E-state index contributed by atoms with van der Waals surface area (Å²) < 4.78 is 22.0. The average Bonchev–Trinajstić information content (AvgIpc) is 3.15. The quantitative estimate of drug-likeness (QED) is 0.0332. The van der Waals surface area contributed by atoms with E-state index in [1.165, 1.54) is 19.3 Å². The Morgan fingerprint density at radius 1 is 0.604 bits per heavy atom. The number of aliphatic hydroxyl groups excluding tert-OH is 4. The van der Waals surface area contributed by atoms with Crippen molar-refractivity contribution in [3.63, 3.8) is 0 Å². The maximum absolute atomic E-state index is 12.7. The summed E-state index contributed by atoms with van der Waals surface area (Å²) in [6, 6.07) is 0. The molecule has 1 aliphatic heterocycles. The van der Waals surface area contributed by atoms with Gasteiger partial charge in [0.2, 0.25) is 0 Å². The van der Waals surface area contributed by atoms with Crippen LogP contribution in [-0.4, -0.2) is 89.0 Å². The van der Waals surface area contributed by atoms with Gasteiger partial charge in [0.05, 0.1) is 13.2 Å². The number of aliphatic hydroxyl groups is 4. The van der Waals surface area contributed by atoms with Gasteiger partial charge in [0.1, 0.15) is 31.0 Å². The van der Waals surface area contributed by atoms with Crippen LogP contribution in [0.4, 0.5) is 0 Å². The third-order valence-electron chi connectivity index (χ3n) is 8.42. The van der Waals surface area contributed by atoms with Crippen LogP contribution in [-0.2, 0) is 28.5 Å². The average molecular weight is 745 g/mol. The van der Waals surface area contributed by atoms with Gasteiger partial charge in [-0.1, -0.05) is 137 Å². The van der Waals surface area contributed by atoms with Crippen molar-refractivity contribution < 1.29 is 49.0 Å². The van der Waals surface area contributed by atoms with Gasteiger partial charge in [-0.3, -0.25) is 9.59 Å². The van der Waals surface area contributed by atoms with Crippen LogP contribution < -0.4 is 0 Å². The van der Waals surface area contributed by atoms with Crippen molar-refractivity contribution in [1.29, 1.82) is 0 Å². The van der Waals surface area contributed by atoms with Crippen LogP contribution in [0, 0.1) is 0 Å². The second kappa shape index (κ2) is 33.4. The lowest BCUT2D eigenvalue weighted by Gasteiger charge is -2.39. The number of unbranched alkanes of at least 4 members (excludes halogenated alkanes) is 10. The second-order valence-corrected chi connectivity index (χ2v) is 13.1. The molecule has 6 atom stereocenters. The highest BCUT2D eigenvalue weighted by Gasteiger charge is 2.44. The summed E-state index contributed by atoms with van der Waals surface area (Å²) in [4.78, 5) is 25.2. The predicted octanol–water partition coefficient (Wildman–Crippen LogP) is 7.43. The zero-order valence-electron chi connectivity index (χ0n) is 32.2. The van der Waals surface area contributed by atoms with Gasteiger partial charge in [-0.05, 0) is 51.4 Å². The van der Waals surface area contributed by atoms with Crippen molar-refractivity contribution in [1.82, 2.24) is 0 Å². The maximum atomic E-state index is 12.7. The van der Waals surface area contributed by atoms with E-state index in [-0.39, 0.29) is 26.1 Å². The number of carbonyl (C=O) groups is 2. The third-order valence-corrected chi connectivity index (χ3v) is 8.42. The molecule has 1 heterocycles. The van der Waals surface area contributed by atoms with Crippen LogP contribution in [0.15, 0.2) is 85.1 Å². The Hall–Kier alpha value is -3.12. The lowest BCUT2D eigenvalue weighted by atomic mass is 9.99. The van der Waals surface area contributed by atoms with Crippen molar-refractivity contribution >= 4 is 11.9 Å². The van der Waals surface area contributed by atoms with Gasteiger partial charge in [-0.2, -0.15) is 0 Å². The van der Waals surface area contributed by atoms with E-state index in [2.05, 4.69) is 44.2 Å². The lowest BCUT2D eigenvalue weighted by molar-refractivity contribution is -0.305. The molecule has 0 aliphatic carbocycles. The Morgan fingerprint density at radius 2 is 1.13 bits per heavy atom. The van der Waals surface area contributed by atoms with Gasteiger partial charge in [-0.15, -0.1) is 0 Å². The summed E-state index contributed by atoms with van der Waals surface area (Å²) in [6.45, 7) is 3.12. The summed E-state index contributed by atoms with van der Waals surface area (Å²) in [6.07, 6.45) is 34.6. The monoisotopic (exact) mass is 744 g/mol.